The lowest BCUT2D eigenvalue weighted by molar-refractivity contribution is -0.156. The number of carbonyl (C=O) groups is 4. The molecule has 3 aliphatic heterocycles. The number of H-pyrrole nitrogens is 1. The van der Waals surface area contributed by atoms with E-state index in [0.717, 1.165) is 31.7 Å². The minimum absolute atomic E-state index is 0.00592. The first-order valence-electron chi connectivity index (χ1n) is 15.7. The van der Waals surface area contributed by atoms with Crippen LogP contribution >= 0.6 is 23.1 Å². The van der Waals surface area contributed by atoms with Crippen LogP contribution in [0.2, 0.25) is 0 Å². The number of ether oxygens (including phenoxy) is 3. The Kier molecular flexibility index (Phi) is 8.17. The number of hydrogen-bond donors (Lipinski definition) is 2. The second-order valence-corrected chi connectivity index (χ2v) is 15.4. The van der Waals surface area contributed by atoms with Crippen LogP contribution in [0.5, 0.6) is 11.5 Å². The molecular weight excluding hydrogens is 634 g/mol. The van der Waals surface area contributed by atoms with Gasteiger partial charge >= 0.3 is 10.8 Å². The first-order chi connectivity index (χ1) is 22.1. The monoisotopic (exact) mass is 671 g/mol. The highest BCUT2D eigenvalue weighted by molar-refractivity contribution is 8.00. The fraction of sp³-hybridized carbons (Fsp3) is 0.594. The highest BCUT2D eigenvalue weighted by atomic mass is 32.2. The van der Waals surface area contributed by atoms with E-state index in [9.17, 15) is 29.1 Å². The molecule has 2 bridgehead atoms. The summed E-state index contributed by atoms with van der Waals surface area (Å²) in [7, 11) is 1.53. The summed E-state index contributed by atoms with van der Waals surface area (Å²) in [5.41, 5.74) is 0.886. The molecular formula is C32H37N3O9S2. The fourth-order valence-electron chi connectivity index (χ4n) is 8.52. The van der Waals surface area contributed by atoms with Crippen LogP contribution in [0, 0.1) is 35.5 Å². The number of imide groups is 1. The van der Waals surface area contributed by atoms with Gasteiger partial charge in [0.25, 0.3) is 5.91 Å². The van der Waals surface area contributed by atoms with E-state index in [2.05, 4.69) is 4.98 Å². The number of aromatic amines is 1. The van der Waals surface area contributed by atoms with Gasteiger partial charge in [0.05, 0.1) is 37.2 Å². The minimum Gasteiger partial charge on any atom is -0.493 e. The zero-order chi connectivity index (χ0) is 32.4. The number of fused-ring (bicyclic) bond motifs is 9. The number of carboxylic acids is 1. The molecule has 8 atom stereocenters. The largest absolute Gasteiger partial charge is 0.493 e. The third-order valence-corrected chi connectivity index (χ3v) is 12.9. The molecule has 1 aromatic heterocycles. The number of likely N-dealkylation sites (tertiary alicyclic amines) is 1. The average molecular weight is 672 g/mol. The smallest absolute Gasteiger partial charge is 0.326 e. The molecule has 12 nitrogen and oxygen atoms in total. The van der Waals surface area contributed by atoms with Gasteiger partial charge in [-0.25, -0.2) is 4.79 Å². The molecule has 14 heteroatoms. The van der Waals surface area contributed by atoms with Crippen LogP contribution in [-0.2, 0) is 23.9 Å². The first-order valence-corrected chi connectivity index (χ1v) is 17.4. The number of rotatable bonds is 9. The van der Waals surface area contributed by atoms with E-state index in [1.54, 1.807) is 22.7 Å². The second-order valence-electron chi connectivity index (χ2n) is 13.2. The number of carbonyl (C=O) groups excluding carboxylic acids is 3. The second kappa shape index (κ2) is 12.0. The normalized spacial score (nSPS) is 30.3. The summed E-state index contributed by atoms with van der Waals surface area (Å²) in [4.78, 5) is 71.9. The van der Waals surface area contributed by atoms with E-state index >= 15 is 0 Å². The Morgan fingerprint density at radius 2 is 1.80 bits per heavy atom. The van der Waals surface area contributed by atoms with Crippen molar-refractivity contribution in [3.8, 4) is 11.5 Å². The number of benzene rings is 1. The van der Waals surface area contributed by atoms with Crippen LogP contribution < -0.4 is 14.3 Å². The van der Waals surface area contributed by atoms with E-state index < -0.39 is 23.8 Å². The Hall–Kier alpha value is -3.36. The van der Waals surface area contributed by atoms with Gasteiger partial charge in [0.15, 0.2) is 18.1 Å². The van der Waals surface area contributed by atoms with E-state index in [0.29, 0.717) is 44.2 Å². The Labute approximate surface area is 273 Å². The molecule has 4 fully saturated rings. The lowest BCUT2D eigenvalue weighted by Gasteiger charge is -2.43. The predicted octanol–water partition coefficient (Wildman–Crippen LogP) is 2.66. The van der Waals surface area contributed by atoms with Crippen molar-refractivity contribution in [1.82, 2.24) is 14.8 Å². The number of nitrogens with zero attached hydrogens (tertiary/aromatic N) is 2. The number of thiazole rings is 1. The van der Waals surface area contributed by atoms with Crippen LogP contribution in [0.1, 0.15) is 43.0 Å². The Morgan fingerprint density at radius 1 is 1.09 bits per heavy atom. The van der Waals surface area contributed by atoms with E-state index in [4.69, 9.17) is 14.2 Å². The summed E-state index contributed by atoms with van der Waals surface area (Å²) in [6, 6.07) is 4.39. The molecule has 2 N–H and O–H groups in total. The first kappa shape index (κ1) is 31.3. The maximum Gasteiger partial charge on any atom is 0.326 e. The number of aromatic nitrogens is 1. The molecule has 1 aromatic carbocycles. The number of amides is 3. The van der Waals surface area contributed by atoms with Crippen LogP contribution in [0.4, 0.5) is 0 Å². The van der Waals surface area contributed by atoms with Crippen molar-refractivity contribution in [1.29, 1.82) is 0 Å². The number of morpholine rings is 1. The number of thioether (sulfide) groups is 1. The van der Waals surface area contributed by atoms with E-state index in [1.807, 2.05) is 26.0 Å². The number of carboxylic acid groups (broad SMARTS) is 1. The van der Waals surface area contributed by atoms with Gasteiger partial charge in [-0.3, -0.25) is 24.1 Å². The molecule has 0 radical (unpaired) electrons. The third kappa shape index (κ3) is 5.03. The Balaban J connectivity index is 1.20. The summed E-state index contributed by atoms with van der Waals surface area (Å²) >= 11 is 2.73. The molecule has 46 heavy (non-hydrogen) atoms. The summed E-state index contributed by atoms with van der Waals surface area (Å²) in [5.74, 6) is -2.88. The lowest BCUT2D eigenvalue weighted by Crippen LogP contribution is -2.47. The molecule has 2 aliphatic carbocycles. The summed E-state index contributed by atoms with van der Waals surface area (Å²) < 4.78 is 17.0. The van der Waals surface area contributed by atoms with Gasteiger partial charge in [-0.1, -0.05) is 31.3 Å². The predicted molar refractivity (Wildman–Crippen MR) is 167 cm³/mol. The van der Waals surface area contributed by atoms with E-state index in [-0.39, 0.29) is 70.5 Å². The van der Waals surface area contributed by atoms with E-state index in [1.165, 1.54) is 7.11 Å². The summed E-state index contributed by atoms with van der Waals surface area (Å²) in [5, 5.41) is 10.8. The van der Waals surface area contributed by atoms with Gasteiger partial charge in [0.1, 0.15) is 6.04 Å². The average Bonchev–Trinajstić information content (AvgIpc) is 3.77. The molecule has 246 valence electrons. The molecule has 2 saturated heterocycles. The summed E-state index contributed by atoms with van der Waals surface area (Å²) in [6.07, 6.45) is 0.902. The van der Waals surface area contributed by atoms with Crippen molar-refractivity contribution in [2.45, 2.75) is 48.9 Å². The maximum absolute atomic E-state index is 14.0. The molecule has 2 saturated carbocycles. The van der Waals surface area contributed by atoms with Crippen molar-refractivity contribution >= 4 is 46.8 Å². The van der Waals surface area contributed by atoms with Crippen molar-refractivity contribution in [2.24, 2.45) is 35.5 Å². The standard InChI is InChI=1S/C32H37N3O9S2/c1-14(2)10-18(31(39)40)35-29(37)24-16-12-17(25(24)30(35)38)26-23(16)22(27-28(45-26)33-32(41)46-27)15-4-5-19(20(11-15)42-3)44-13-21(36)34-6-8-43-9-7-34/h4-5,11,14,16-18,22-26H,6-10,12-13H2,1-3H3,(H,33,41)(H,39,40)/t16?,17?,18?,22-,23?,24?,25?,26?/m1/s1. The van der Waals surface area contributed by atoms with Crippen molar-refractivity contribution in [3.63, 3.8) is 0 Å². The zero-order valence-corrected chi connectivity index (χ0v) is 27.4. The third-order valence-electron chi connectivity index (χ3n) is 10.3. The molecule has 4 heterocycles. The number of methoxy groups -OCH3 is 1. The molecule has 5 aliphatic rings. The van der Waals surface area contributed by atoms with Gasteiger partial charge in [-0.2, -0.15) is 0 Å². The van der Waals surface area contributed by atoms with Gasteiger partial charge in [-0.05, 0) is 54.2 Å². The molecule has 2 aromatic rings. The maximum atomic E-state index is 14.0. The number of nitrogens with one attached hydrogen (secondary N) is 1. The van der Waals surface area contributed by atoms with Gasteiger partial charge in [-0.15, -0.1) is 11.8 Å². The van der Waals surface area contributed by atoms with Gasteiger partial charge in [0, 0.05) is 29.1 Å². The highest BCUT2D eigenvalue weighted by Gasteiger charge is 2.70. The SMILES string of the molecule is COc1cc([C@H]2c3sc(=O)[nH]c3SC3C4CC(C5C(=O)N(C(CC(C)C)C(=O)O)C(=O)C45)C32)ccc1OCC(=O)N1CCOCC1. The molecule has 7 unspecified atom stereocenters. The van der Waals surface area contributed by atoms with Crippen LogP contribution in [0.15, 0.2) is 28.0 Å². The van der Waals surface area contributed by atoms with Crippen LogP contribution in [0.3, 0.4) is 0 Å². The molecule has 0 spiro atoms. The Bertz CT molecular complexity index is 1630. The van der Waals surface area contributed by atoms with Gasteiger partial charge in [0.2, 0.25) is 11.8 Å². The number of aliphatic carboxylic acids is 1. The van der Waals surface area contributed by atoms with Crippen molar-refractivity contribution < 1.29 is 38.5 Å². The zero-order valence-electron chi connectivity index (χ0n) is 25.8. The minimum atomic E-state index is -1.18. The van der Waals surface area contributed by atoms with Gasteiger partial charge < -0.3 is 29.2 Å². The fourth-order valence-corrected chi connectivity index (χ4v) is 11.4. The van der Waals surface area contributed by atoms with Crippen molar-refractivity contribution in [3.05, 3.63) is 38.3 Å². The molecule has 3 amide bonds. The van der Waals surface area contributed by atoms with Crippen LogP contribution in [0.25, 0.3) is 0 Å². The Morgan fingerprint density at radius 3 is 2.48 bits per heavy atom. The number of hydrogen-bond acceptors (Lipinski definition) is 10. The summed E-state index contributed by atoms with van der Waals surface area (Å²) in [6.45, 7) is 5.66. The lowest BCUT2D eigenvalue weighted by atomic mass is 9.68. The van der Waals surface area contributed by atoms with Crippen LogP contribution in [-0.4, -0.2) is 94.9 Å². The highest BCUT2D eigenvalue weighted by Crippen LogP contribution is 2.68. The van der Waals surface area contributed by atoms with Crippen molar-refractivity contribution in [2.75, 3.05) is 40.0 Å². The quantitative estimate of drug-likeness (QED) is 0.380. The topological polar surface area (TPSA) is 156 Å². The molecule has 7 rings (SSSR count).